The molecule has 1 aliphatic heterocycles. The molecule has 0 radical (unpaired) electrons. The van der Waals surface area contributed by atoms with Gasteiger partial charge in [-0.15, -0.1) is 0 Å². The molecule has 0 unspecified atom stereocenters. The fourth-order valence-corrected chi connectivity index (χ4v) is 1.24. The zero-order valence-electron chi connectivity index (χ0n) is 9.98. The molecule has 0 fully saturated rings. The number of nitrogens with zero attached hydrogens (tertiary/aromatic N) is 2. The molecule has 0 aromatic heterocycles. The summed E-state index contributed by atoms with van der Waals surface area (Å²) in [5, 5.41) is 16.1. The van der Waals surface area contributed by atoms with E-state index in [2.05, 4.69) is 10.4 Å². The lowest BCUT2D eigenvalue weighted by atomic mass is 10.0. The first kappa shape index (κ1) is 13.1. The number of hydrazone groups is 1. The molecule has 1 rings (SSSR count). The SMILES string of the molecule is CN1N=C(C(=O)NC(C)(C)C(=O)O)CCC1=O. The maximum Gasteiger partial charge on any atom is 0.328 e. The van der Waals surface area contributed by atoms with Crippen LogP contribution in [-0.4, -0.2) is 46.2 Å². The second-order valence-corrected chi connectivity index (χ2v) is 4.35. The van der Waals surface area contributed by atoms with Gasteiger partial charge in [0.25, 0.3) is 5.91 Å². The van der Waals surface area contributed by atoms with E-state index in [4.69, 9.17) is 5.11 Å². The van der Waals surface area contributed by atoms with E-state index >= 15 is 0 Å². The predicted molar refractivity (Wildman–Crippen MR) is 59.3 cm³/mol. The molecule has 1 aliphatic rings. The summed E-state index contributed by atoms with van der Waals surface area (Å²) in [7, 11) is 1.46. The maximum absolute atomic E-state index is 11.7. The molecule has 7 heteroatoms. The average Bonchev–Trinajstić information content (AvgIpc) is 2.21. The van der Waals surface area contributed by atoms with Crippen LogP contribution in [0.4, 0.5) is 0 Å². The Balaban J connectivity index is 2.76. The van der Waals surface area contributed by atoms with Crippen molar-refractivity contribution in [2.24, 2.45) is 5.10 Å². The number of amides is 2. The lowest BCUT2D eigenvalue weighted by molar-refractivity contribution is -0.145. The van der Waals surface area contributed by atoms with Crippen LogP contribution in [0.25, 0.3) is 0 Å². The van der Waals surface area contributed by atoms with E-state index in [-0.39, 0.29) is 24.5 Å². The molecule has 0 saturated carbocycles. The Labute approximate surface area is 98.5 Å². The molecule has 2 amide bonds. The first-order valence-corrected chi connectivity index (χ1v) is 5.14. The van der Waals surface area contributed by atoms with Gasteiger partial charge in [0.05, 0.1) is 0 Å². The molecule has 0 bridgehead atoms. The Kier molecular flexibility index (Phi) is 3.50. The lowest BCUT2D eigenvalue weighted by Gasteiger charge is -2.24. The molecular formula is C10H15N3O4. The van der Waals surface area contributed by atoms with Crippen molar-refractivity contribution in [3.8, 4) is 0 Å². The van der Waals surface area contributed by atoms with Gasteiger partial charge < -0.3 is 10.4 Å². The predicted octanol–water partition coefficient (Wildman–Crippen LogP) is -0.426. The van der Waals surface area contributed by atoms with Crippen LogP contribution in [0.15, 0.2) is 5.10 Å². The van der Waals surface area contributed by atoms with Gasteiger partial charge in [-0.1, -0.05) is 0 Å². The largest absolute Gasteiger partial charge is 0.480 e. The summed E-state index contributed by atoms with van der Waals surface area (Å²) in [6.45, 7) is 2.76. The highest BCUT2D eigenvalue weighted by atomic mass is 16.4. The number of carboxylic acids is 1. The van der Waals surface area contributed by atoms with Gasteiger partial charge >= 0.3 is 5.97 Å². The van der Waals surface area contributed by atoms with E-state index in [0.29, 0.717) is 0 Å². The number of aliphatic carboxylic acids is 1. The molecule has 17 heavy (non-hydrogen) atoms. The van der Waals surface area contributed by atoms with E-state index in [1.807, 2.05) is 0 Å². The second kappa shape index (κ2) is 4.52. The van der Waals surface area contributed by atoms with Crippen LogP contribution in [0.2, 0.25) is 0 Å². The molecule has 7 nitrogen and oxygen atoms in total. The molecule has 94 valence electrons. The molecule has 0 aliphatic carbocycles. The monoisotopic (exact) mass is 241 g/mol. The first-order valence-electron chi connectivity index (χ1n) is 5.14. The van der Waals surface area contributed by atoms with Gasteiger partial charge in [0.2, 0.25) is 5.91 Å². The Morgan fingerprint density at radius 3 is 2.47 bits per heavy atom. The van der Waals surface area contributed by atoms with Crippen molar-refractivity contribution in [1.29, 1.82) is 0 Å². The van der Waals surface area contributed by atoms with Crippen LogP contribution in [0.1, 0.15) is 26.7 Å². The van der Waals surface area contributed by atoms with Gasteiger partial charge in [-0.3, -0.25) is 9.59 Å². The average molecular weight is 241 g/mol. The zero-order valence-corrected chi connectivity index (χ0v) is 9.98. The number of nitrogens with one attached hydrogen (secondary N) is 1. The Morgan fingerprint density at radius 2 is 2.00 bits per heavy atom. The van der Waals surface area contributed by atoms with Crippen LogP contribution in [0.5, 0.6) is 0 Å². The Hall–Kier alpha value is -1.92. The number of hydrogen-bond donors (Lipinski definition) is 2. The smallest absolute Gasteiger partial charge is 0.328 e. The zero-order chi connectivity index (χ0) is 13.2. The lowest BCUT2D eigenvalue weighted by Crippen LogP contribution is -2.52. The van der Waals surface area contributed by atoms with Crippen LogP contribution >= 0.6 is 0 Å². The third-order valence-electron chi connectivity index (χ3n) is 2.43. The second-order valence-electron chi connectivity index (χ2n) is 4.35. The quantitative estimate of drug-likeness (QED) is 0.700. The van der Waals surface area contributed by atoms with E-state index < -0.39 is 17.4 Å². The van der Waals surface area contributed by atoms with Gasteiger partial charge in [0, 0.05) is 19.9 Å². The summed E-state index contributed by atoms with van der Waals surface area (Å²) in [4.78, 5) is 33.7. The van der Waals surface area contributed by atoms with Crippen LogP contribution in [0.3, 0.4) is 0 Å². The molecule has 0 aromatic carbocycles. The van der Waals surface area contributed by atoms with Crippen molar-refractivity contribution in [2.75, 3.05) is 7.05 Å². The van der Waals surface area contributed by atoms with Crippen LogP contribution in [0, 0.1) is 0 Å². The first-order chi connectivity index (χ1) is 7.74. The van der Waals surface area contributed by atoms with Gasteiger partial charge in [0.15, 0.2) is 0 Å². The number of carbonyl (C=O) groups excluding carboxylic acids is 2. The normalized spacial score (nSPS) is 16.5. The number of hydrogen-bond acceptors (Lipinski definition) is 4. The fraction of sp³-hybridized carbons (Fsp3) is 0.600. The Bertz CT molecular complexity index is 400. The molecule has 0 spiro atoms. The van der Waals surface area contributed by atoms with Crippen molar-refractivity contribution >= 4 is 23.5 Å². The maximum atomic E-state index is 11.7. The minimum Gasteiger partial charge on any atom is -0.480 e. The van der Waals surface area contributed by atoms with Gasteiger partial charge in [-0.25, -0.2) is 9.80 Å². The molecule has 2 N–H and O–H groups in total. The Morgan fingerprint density at radius 1 is 1.41 bits per heavy atom. The third kappa shape index (κ3) is 3.02. The summed E-state index contributed by atoms with van der Waals surface area (Å²) >= 11 is 0. The van der Waals surface area contributed by atoms with E-state index in [1.165, 1.54) is 20.9 Å². The van der Waals surface area contributed by atoms with E-state index in [0.717, 1.165) is 5.01 Å². The standard InChI is InChI=1S/C10H15N3O4/c1-10(2,9(16)17)11-8(15)6-4-5-7(14)13(3)12-6/h4-5H2,1-3H3,(H,11,15)(H,16,17). The molecule has 0 aromatic rings. The minimum absolute atomic E-state index is 0.168. The van der Waals surface area contributed by atoms with Gasteiger partial charge in [-0.05, 0) is 13.8 Å². The molecule has 1 heterocycles. The summed E-state index contributed by atoms with van der Waals surface area (Å²) < 4.78 is 0. The minimum atomic E-state index is -1.36. The highest BCUT2D eigenvalue weighted by Gasteiger charge is 2.31. The highest BCUT2D eigenvalue weighted by molar-refractivity contribution is 6.40. The van der Waals surface area contributed by atoms with Crippen molar-refractivity contribution in [1.82, 2.24) is 10.3 Å². The molecule has 0 atom stereocenters. The van der Waals surface area contributed by atoms with Gasteiger partial charge in [-0.2, -0.15) is 5.10 Å². The number of carbonyl (C=O) groups is 3. The van der Waals surface area contributed by atoms with Crippen molar-refractivity contribution in [3.05, 3.63) is 0 Å². The van der Waals surface area contributed by atoms with Gasteiger partial charge in [0.1, 0.15) is 11.3 Å². The molecular weight excluding hydrogens is 226 g/mol. The summed E-state index contributed by atoms with van der Waals surface area (Å²) in [6, 6.07) is 0. The topological polar surface area (TPSA) is 99.1 Å². The van der Waals surface area contributed by atoms with Crippen LogP contribution in [-0.2, 0) is 14.4 Å². The summed E-state index contributed by atoms with van der Waals surface area (Å²) in [6.07, 6.45) is 0.432. The summed E-state index contributed by atoms with van der Waals surface area (Å²) in [5.41, 5.74) is -1.19. The summed E-state index contributed by atoms with van der Waals surface area (Å²) in [5.74, 6) is -1.86. The van der Waals surface area contributed by atoms with E-state index in [9.17, 15) is 14.4 Å². The van der Waals surface area contributed by atoms with Crippen LogP contribution < -0.4 is 5.32 Å². The fourth-order valence-electron chi connectivity index (χ4n) is 1.24. The van der Waals surface area contributed by atoms with Crippen molar-refractivity contribution in [3.63, 3.8) is 0 Å². The molecule has 0 saturated heterocycles. The van der Waals surface area contributed by atoms with E-state index in [1.54, 1.807) is 0 Å². The number of carboxylic acid groups (broad SMARTS) is 1. The number of rotatable bonds is 3. The third-order valence-corrected chi connectivity index (χ3v) is 2.43. The van der Waals surface area contributed by atoms with Crippen molar-refractivity contribution < 1.29 is 19.5 Å². The van der Waals surface area contributed by atoms with Crippen molar-refractivity contribution in [2.45, 2.75) is 32.2 Å². The highest BCUT2D eigenvalue weighted by Crippen LogP contribution is 2.09.